The van der Waals surface area contributed by atoms with Crippen LogP contribution in [-0.2, 0) is 0 Å². The van der Waals surface area contributed by atoms with Gasteiger partial charge in [0.1, 0.15) is 5.03 Å². The molecule has 0 aliphatic rings. The molecule has 0 spiro atoms. The molecule has 1 heterocycles. The molecule has 0 saturated carbocycles. The van der Waals surface area contributed by atoms with Gasteiger partial charge in [0.2, 0.25) is 0 Å². The molecule has 0 aromatic carbocycles. The summed E-state index contributed by atoms with van der Waals surface area (Å²) in [6.07, 6.45) is 1.65. The summed E-state index contributed by atoms with van der Waals surface area (Å²) in [5, 5.41) is 11.3. The van der Waals surface area contributed by atoms with Crippen molar-refractivity contribution in [2.45, 2.75) is 5.03 Å². The number of nitrogens with zero attached hydrogens (tertiary/aromatic N) is 2. The molecule has 1 N–H and O–H groups in total. The minimum absolute atomic E-state index is 0.643. The highest BCUT2D eigenvalue weighted by Gasteiger charge is 1.89. The Morgan fingerprint density at radius 2 is 2.75 bits per heavy atom. The van der Waals surface area contributed by atoms with Crippen molar-refractivity contribution >= 4 is 24.4 Å². The molecule has 0 bridgehead atoms. The topological polar surface area (TPSA) is 41.6 Å². The molecule has 0 saturated heterocycles. The number of hydrogen-bond acceptors (Lipinski definition) is 3. The Morgan fingerprint density at radius 3 is 3.25 bits per heavy atom. The van der Waals surface area contributed by atoms with Crippen LogP contribution in [0.4, 0.5) is 0 Å². The fourth-order valence-electron chi connectivity index (χ4n) is 0.321. The van der Waals surface area contributed by atoms with Gasteiger partial charge >= 0.3 is 0 Å². The minimum Gasteiger partial charge on any atom is -0.252 e. The number of H-pyrrole nitrogens is 1. The third kappa shape index (κ3) is 1.41. The summed E-state index contributed by atoms with van der Waals surface area (Å²) >= 11 is 6.20. The highest BCUT2D eigenvalue weighted by molar-refractivity contribution is 8.09. The van der Waals surface area contributed by atoms with Crippen LogP contribution in [0.25, 0.3) is 0 Å². The van der Waals surface area contributed by atoms with Crippen LogP contribution in [0.2, 0.25) is 0 Å². The van der Waals surface area contributed by atoms with Crippen LogP contribution in [0.1, 0.15) is 0 Å². The van der Waals surface area contributed by atoms with Crippen molar-refractivity contribution in [1.29, 1.82) is 0 Å². The molecule has 0 amide bonds. The van der Waals surface area contributed by atoms with Gasteiger partial charge < -0.3 is 0 Å². The second-order valence-electron chi connectivity index (χ2n) is 1.08. The number of hydrogen-bond donors (Lipinski definition) is 1. The molecule has 0 aliphatic heterocycles. The monoisotopic (exact) mass is 146 g/mol. The van der Waals surface area contributed by atoms with Crippen molar-refractivity contribution in [3.8, 4) is 0 Å². The number of nitrogens with one attached hydrogen (secondary N) is 1. The summed E-state index contributed by atoms with van der Waals surface area (Å²) in [6.45, 7) is 0. The third-order valence-corrected chi connectivity index (χ3v) is 1.59. The molecule has 0 fully saturated rings. The molecule has 0 unspecified atom stereocenters. The molecule has 3 nitrogen and oxygen atoms in total. The normalized spacial score (nSPS) is 9.62. The van der Waals surface area contributed by atoms with Crippen molar-refractivity contribution in [1.82, 2.24) is 15.4 Å². The summed E-state index contributed by atoms with van der Waals surface area (Å²) in [5.41, 5.74) is 0. The second-order valence-corrected chi connectivity index (χ2v) is 2.75. The first-order chi connectivity index (χ1) is 3.93. The summed E-state index contributed by atoms with van der Waals surface area (Å²) in [5.74, 6) is 0. The van der Waals surface area contributed by atoms with Gasteiger partial charge in [0.05, 0.1) is 11.3 Å². The zero-order chi connectivity index (χ0) is 5.82. The van der Waals surface area contributed by atoms with E-state index in [0.717, 1.165) is 5.03 Å². The number of aromatic amines is 1. The van der Waals surface area contributed by atoms with E-state index in [1.807, 2.05) is 0 Å². The lowest BCUT2D eigenvalue weighted by Crippen LogP contribution is -1.69. The minimum atomic E-state index is 0.643. The van der Waals surface area contributed by atoms with E-state index in [4.69, 9.17) is 0 Å². The standard InChI is InChI=1S/C3H4N3S2/c7-2-8-3-1-4-6-5-3/h1H,2H2,(H,4,5,6). The van der Waals surface area contributed by atoms with Gasteiger partial charge in [0.25, 0.3) is 0 Å². The molecule has 5 heteroatoms. The van der Waals surface area contributed by atoms with Gasteiger partial charge in [-0.1, -0.05) is 29.6 Å². The SMILES string of the molecule is [S]CSc1cnn[nH]1. The first kappa shape index (κ1) is 5.97. The second kappa shape index (κ2) is 2.99. The highest BCUT2D eigenvalue weighted by atomic mass is 32.2. The molecule has 0 atom stereocenters. The summed E-state index contributed by atoms with van der Waals surface area (Å²) < 4.78 is 0. The van der Waals surface area contributed by atoms with Crippen LogP contribution in [-0.4, -0.2) is 20.5 Å². The predicted molar refractivity (Wildman–Crippen MR) is 34.7 cm³/mol. The van der Waals surface area contributed by atoms with E-state index >= 15 is 0 Å². The van der Waals surface area contributed by atoms with Gasteiger partial charge in [0, 0.05) is 0 Å². The Kier molecular flexibility index (Phi) is 2.23. The quantitative estimate of drug-likeness (QED) is 0.634. The van der Waals surface area contributed by atoms with Crippen LogP contribution in [0.3, 0.4) is 0 Å². The predicted octanol–water partition coefficient (Wildman–Crippen LogP) is 1.05. The zero-order valence-corrected chi connectivity index (χ0v) is 5.63. The highest BCUT2D eigenvalue weighted by Crippen LogP contribution is 2.12. The van der Waals surface area contributed by atoms with Gasteiger partial charge in [-0.25, -0.2) is 0 Å². The molecule has 0 aliphatic carbocycles. The number of thioether (sulfide) groups is 1. The fraction of sp³-hybridized carbons (Fsp3) is 0.333. The number of aromatic nitrogens is 3. The Labute approximate surface area is 56.7 Å². The van der Waals surface area contributed by atoms with Crippen LogP contribution in [0, 0.1) is 0 Å². The van der Waals surface area contributed by atoms with E-state index in [1.165, 1.54) is 11.8 Å². The van der Waals surface area contributed by atoms with Crippen molar-refractivity contribution in [2.24, 2.45) is 0 Å². The Morgan fingerprint density at radius 1 is 1.88 bits per heavy atom. The van der Waals surface area contributed by atoms with E-state index < -0.39 is 0 Å². The van der Waals surface area contributed by atoms with E-state index in [0.29, 0.717) is 5.08 Å². The summed E-state index contributed by atoms with van der Waals surface area (Å²) in [4.78, 5) is 0. The Bertz CT molecular complexity index is 138. The average Bonchev–Trinajstić information content (AvgIpc) is 2.19. The van der Waals surface area contributed by atoms with Crippen LogP contribution in [0.5, 0.6) is 0 Å². The van der Waals surface area contributed by atoms with E-state index in [1.54, 1.807) is 6.20 Å². The first-order valence-corrected chi connectivity index (χ1v) is 3.56. The van der Waals surface area contributed by atoms with Crippen LogP contribution < -0.4 is 0 Å². The first-order valence-electron chi connectivity index (χ1n) is 2.00. The maximum Gasteiger partial charge on any atom is 0.112 e. The number of rotatable bonds is 2. The third-order valence-electron chi connectivity index (χ3n) is 0.607. The fourth-order valence-corrected chi connectivity index (χ4v) is 1.06. The largest absolute Gasteiger partial charge is 0.252 e. The average molecular weight is 146 g/mol. The van der Waals surface area contributed by atoms with Gasteiger partial charge in [-0.05, 0) is 0 Å². The molecule has 43 valence electrons. The van der Waals surface area contributed by atoms with E-state index in [9.17, 15) is 0 Å². The molecular formula is C3H4N3S2. The van der Waals surface area contributed by atoms with Crippen LogP contribution in [0.15, 0.2) is 11.2 Å². The Balaban J connectivity index is 2.50. The van der Waals surface area contributed by atoms with Gasteiger partial charge in [-0.2, -0.15) is 0 Å². The molecule has 8 heavy (non-hydrogen) atoms. The van der Waals surface area contributed by atoms with Crippen molar-refractivity contribution in [3.05, 3.63) is 6.20 Å². The molecule has 1 aromatic heterocycles. The lowest BCUT2D eigenvalue weighted by atomic mass is 11.0. The van der Waals surface area contributed by atoms with Crippen LogP contribution >= 0.6 is 24.4 Å². The lowest BCUT2D eigenvalue weighted by Gasteiger charge is -1.83. The van der Waals surface area contributed by atoms with Gasteiger partial charge in [-0.3, -0.25) is 5.10 Å². The van der Waals surface area contributed by atoms with Crippen molar-refractivity contribution < 1.29 is 0 Å². The Hall–Kier alpha value is -0.160. The molecular weight excluding hydrogens is 142 g/mol. The maximum atomic E-state index is 4.69. The van der Waals surface area contributed by atoms with E-state index in [2.05, 4.69) is 28.0 Å². The van der Waals surface area contributed by atoms with Crippen molar-refractivity contribution in [2.75, 3.05) is 5.08 Å². The molecule has 1 aromatic rings. The molecule has 1 rings (SSSR count). The summed E-state index contributed by atoms with van der Waals surface area (Å²) in [7, 11) is 0. The van der Waals surface area contributed by atoms with Gasteiger partial charge in [-0.15, -0.1) is 5.10 Å². The molecule has 1 radical (unpaired) electrons. The smallest absolute Gasteiger partial charge is 0.112 e. The maximum absolute atomic E-state index is 4.69. The zero-order valence-electron chi connectivity index (χ0n) is 4.00. The van der Waals surface area contributed by atoms with Crippen molar-refractivity contribution in [3.63, 3.8) is 0 Å². The van der Waals surface area contributed by atoms with Gasteiger partial charge in [0.15, 0.2) is 0 Å². The van der Waals surface area contributed by atoms with E-state index in [-0.39, 0.29) is 0 Å². The lowest BCUT2D eigenvalue weighted by molar-refractivity contribution is 0.911. The summed E-state index contributed by atoms with van der Waals surface area (Å²) in [6, 6.07) is 0.